The molecule has 0 aliphatic heterocycles. The van der Waals surface area contributed by atoms with E-state index in [0.717, 1.165) is 11.1 Å². The maximum absolute atomic E-state index is 12.2. The van der Waals surface area contributed by atoms with E-state index in [9.17, 15) is 9.59 Å². The van der Waals surface area contributed by atoms with Crippen LogP contribution in [-0.2, 0) is 9.47 Å². The SMILES string of the molecule is COC(=O)c1c(OC)ccc(-c2ccc(OC)c(C(=O)OC)c2C)c1C. The van der Waals surface area contributed by atoms with Gasteiger partial charge in [-0.1, -0.05) is 12.1 Å². The van der Waals surface area contributed by atoms with E-state index in [1.54, 1.807) is 12.1 Å². The Bertz CT molecular complexity index is 782. The third kappa shape index (κ3) is 3.22. The predicted molar refractivity (Wildman–Crippen MR) is 97.1 cm³/mol. The summed E-state index contributed by atoms with van der Waals surface area (Å²) < 4.78 is 20.3. The van der Waals surface area contributed by atoms with Crippen LogP contribution in [0.1, 0.15) is 31.8 Å². The Balaban J connectivity index is 2.77. The first-order valence-corrected chi connectivity index (χ1v) is 7.93. The molecule has 0 N–H and O–H groups in total. The molecule has 0 spiro atoms. The van der Waals surface area contributed by atoms with Gasteiger partial charge < -0.3 is 18.9 Å². The van der Waals surface area contributed by atoms with Crippen LogP contribution in [0, 0.1) is 13.8 Å². The molecule has 0 saturated heterocycles. The van der Waals surface area contributed by atoms with E-state index in [2.05, 4.69) is 0 Å². The van der Waals surface area contributed by atoms with Gasteiger partial charge in [0.05, 0.1) is 28.4 Å². The van der Waals surface area contributed by atoms with Crippen LogP contribution in [0.15, 0.2) is 24.3 Å². The second kappa shape index (κ2) is 7.91. The lowest BCUT2D eigenvalue weighted by atomic mass is 9.90. The molecule has 2 rings (SSSR count). The quantitative estimate of drug-likeness (QED) is 0.761. The summed E-state index contributed by atoms with van der Waals surface area (Å²) in [7, 11) is 5.63. The number of benzene rings is 2. The van der Waals surface area contributed by atoms with Crippen molar-refractivity contribution in [3.8, 4) is 22.6 Å². The minimum absolute atomic E-state index is 0.349. The van der Waals surface area contributed by atoms with E-state index < -0.39 is 11.9 Å². The number of hydrogen-bond acceptors (Lipinski definition) is 6. The molecule has 6 nitrogen and oxygen atoms in total. The summed E-state index contributed by atoms with van der Waals surface area (Å²) in [6.07, 6.45) is 0. The Labute approximate surface area is 152 Å². The van der Waals surface area contributed by atoms with Gasteiger partial charge >= 0.3 is 11.9 Å². The number of carbonyl (C=O) groups excluding carboxylic acids is 2. The van der Waals surface area contributed by atoms with E-state index in [1.165, 1.54) is 28.4 Å². The van der Waals surface area contributed by atoms with Crippen LogP contribution in [0.4, 0.5) is 0 Å². The molecular formula is C20H22O6. The van der Waals surface area contributed by atoms with Gasteiger partial charge in [0, 0.05) is 0 Å². The minimum Gasteiger partial charge on any atom is -0.496 e. The molecule has 0 unspecified atom stereocenters. The average Bonchev–Trinajstić information content (AvgIpc) is 2.66. The highest BCUT2D eigenvalue weighted by Gasteiger charge is 2.23. The van der Waals surface area contributed by atoms with E-state index in [-0.39, 0.29) is 0 Å². The topological polar surface area (TPSA) is 71.1 Å². The fourth-order valence-electron chi connectivity index (χ4n) is 3.01. The zero-order valence-electron chi connectivity index (χ0n) is 15.8. The second-order valence-electron chi connectivity index (χ2n) is 5.61. The summed E-state index contributed by atoms with van der Waals surface area (Å²) in [5.41, 5.74) is 3.67. The van der Waals surface area contributed by atoms with Crippen molar-refractivity contribution < 1.29 is 28.5 Å². The largest absolute Gasteiger partial charge is 0.496 e. The molecular weight excluding hydrogens is 336 g/mol. The highest BCUT2D eigenvalue weighted by Crippen LogP contribution is 2.37. The Morgan fingerprint density at radius 2 is 1.00 bits per heavy atom. The zero-order valence-corrected chi connectivity index (χ0v) is 15.8. The summed E-state index contributed by atoms with van der Waals surface area (Å²) in [6.45, 7) is 3.62. The van der Waals surface area contributed by atoms with Crippen LogP contribution in [0.3, 0.4) is 0 Å². The van der Waals surface area contributed by atoms with Gasteiger partial charge in [0.1, 0.15) is 22.6 Å². The van der Waals surface area contributed by atoms with Gasteiger partial charge in [0.15, 0.2) is 0 Å². The number of ether oxygens (including phenoxy) is 4. The van der Waals surface area contributed by atoms with Crippen molar-refractivity contribution in [1.82, 2.24) is 0 Å². The molecule has 0 saturated carbocycles. The number of rotatable bonds is 5. The van der Waals surface area contributed by atoms with Crippen LogP contribution in [-0.4, -0.2) is 40.4 Å². The van der Waals surface area contributed by atoms with Gasteiger partial charge in [-0.2, -0.15) is 0 Å². The Morgan fingerprint density at radius 3 is 1.27 bits per heavy atom. The smallest absolute Gasteiger partial charge is 0.341 e. The van der Waals surface area contributed by atoms with Crippen molar-refractivity contribution in [2.24, 2.45) is 0 Å². The van der Waals surface area contributed by atoms with Gasteiger partial charge in [-0.05, 0) is 48.2 Å². The lowest BCUT2D eigenvalue weighted by Crippen LogP contribution is -2.10. The van der Waals surface area contributed by atoms with Gasteiger partial charge in [-0.15, -0.1) is 0 Å². The molecule has 26 heavy (non-hydrogen) atoms. The van der Waals surface area contributed by atoms with Crippen LogP contribution in [0.2, 0.25) is 0 Å². The van der Waals surface area contributed by atoms with Gasteiger partial charge in [-0.25, -0.2) is 9.59 Å². The van der Waals surface area contributed by atoms with E-state index in [4.69, 9.17) is 18.9 Å². The molecule has 0 amide bonds. The summed E-state index contributed by atoms with van der Waals surface area (Å²) in [4.78, 5) is 24.4. The van der Waals surface area contributed by atoms with Gasteiger partial charge in [0.2, 0.25) is 0 Å². The van der Waals surface area contributed by atoms with Crippen molar-refractivity contribution in [1.29, 1.82) is 0 Å². The van der Waals surface area contributed by atoms with Crippen LogP contribution < -0.4 is 9.47 Å². The lowest BCUT2D eigenvalue weighted by Gasteiger charge is -2.18. The van der Waals surface area contributed by atoms with Crippen molar-refractivity contribution in [3.63, 3.8) is 0 Å². The van der Waals surface area contributed by atoms with Crippen LogP contribution in [0.25, 0.3) is 11.1 Å². The standard InChI is InChI=1S/C20H22O6/c1-11-13(7-9-15(23-3)17(11)19(21)25-5)14-8-10-16(24-4)18(12(14)2)20(22)26-6/h7-10H,1-6H3. The highest BCUT2D eigenvalue weighted by atomic mass is 16.5. The number of methoxy groups -OCH3 is 4. The molecule has 2 aromatic carbocycles. The number of hydrogen-bond donors (Lipinski definition) is 0. The lowest BCUT2D eigenvalue weighted by molar-refractivity contribution is 0.0586. The molecule has 2 aromatic rings. The fourth-order valence-corrected chi connectivity index (χ4v) is 3.01. The molecule has 0 atom stereocenters. The first kappa shape index (κ1) is 19.3. The number of carbonyl (C=O) groups is 2. The Morgan fingerprint density at radius 1 is 0.654 bits per heavy atom. The maximum Gasteiger partial charge on any atom is 0.341 e. The third-order valence-corrected chi connectivity index (χ3v) is 4.36. The second-order valence-corrected chi connectivity index (χ2v) is 5.61. The normalized spacial score (nSPS) is 10.2. The first-order valence-electron chi connectivity index (χ1n) is 7.93. The van der Waals surface area contributed by atoms with Crippen LogP contribution >= 0.6 is 0 Å². The maximum atomic E-state index is 12.2. The molecule has 6 heteroatoms. The molecule has 0 aliphatic carbocycles. The third-order valence-electron chi connectivity index (χ3n) is 4.36. The predicted octanol–water partition coefficient (Wildman–Crippen LogP) is 3.56. The summed E-state index contributed by atoms with van der Waals surface area (Å²) >= 11 is 0. The molecule has 0 heterocycles. The first-order chi connectivity index (χ1) is 12.4. The highest BCUT2D eigenvalue weighted by molar-refractivity contribution is 5.99. The zero-order chi connectivity index (χ0) is 19.4. The van der Waals surface area contributed by atoms with Crippen molar-refractivity contribution in [2.75, 3.05) is 28.4 Å². The fraction of sp³-hybridized carbons (Fsp3) is 0.300. The monoisotopic (exact) mass is 358 g/mol. The van der Waals surface area contributed by atoms with Gasteiger partial charge in [0.25, 0.3) is 0 Å². The summed E-state index contributed by atoms with van der Waals surface area (Å²) in [6, 6.07) is 7.10. The Hall–Kier alpha value is -3.02. The average molecular weight is 358 g/mol. The van der Waals surface area contributed by atoms with Crippen molar-refractivity contribution in [2.45, 2.75) is 13.8 Å². The van der Waals surface area contributed by atoms with Crippen molar-refractivity contribution >= 4 is 11.9 Å². The van der Waals surface area contributed by atoms with E-state index in [1.807, 2.05) is 26.0 Å². The summed E-state index contributed by atoms with van der Waals surface area (Å²) in [5, 5.41) is 0. The Kier molecular flexibility index (Phi) is 5.87. The van der Waals surface area contributed by atoms with Crippen LogP contribution in [0.5, 0.6) is 11.5 Å². The summed E-state index contributed by atoms with van der Waals surface area (Å²) in [5.74, 6) is -0.115. The van der Waals surface area contributed by atoms with Crippen molar-refractivity contribution in [3.05, 3.63) is 46.5 Å². The minimum atomic E-state index is -0.486. The molecule has 0 radical (unpaired) electrons. The van der Waals surface area contributed by atoms with Gasteiger partial charge in [-0.3, -0.25) is 0 Å². The molecule has 0 aliphatic rings. The molecule has 138 valence electrons. The molecule has 0 bridgehead atoms. The number of esters is 2. The van der Waals surface area contributed by atoms with E-state index >= 15 is 0 Å². The molecule has 0 fully saturated rings. The molecule has 0 aromatic heterocycles. The van der Waals surface area contributed by atoms with E-state index in [0.29, 0.717) is 33.8 Å².